The van der Waals surface area contributed by atoms with Crippen molar-refractivity contribution in [2.75, 3.05) is 6.26 Å². The molecule has 20 heavy (non-hydrogen) atoms. The summed E-state index contributed by atoms with van der Waals surface area (Å²) < 4.78 is 24.7. The van der Waals surface area contributed by atoms with E-state index < -0.39 is 9.84 Å². The highest BCUT2D eigenvalue weighted by atomic mass is 35.5. The van der Waals surface area contributed by atoms with Gasteiger partial charge in [-0.15, -0.1) is 0 Å². The van der Waals surface area contributed by atoms with Crippen molar-refractivity contribution in [3.8, 4) is 11.4 Å². The number of sulfone groups is 1. The molecule has 0 aromatic carbocycles. The molecule has 0 amide bonds. The third kappa shape index (κ3) is 2.62. The molecule has 2 aromatic rings. The summed E-state index contributed by atoms with van der Waals surface area (Å²) >= 11 is 6.25. The number of allylic oxidation sites excluding steroid dienone is 1. The molecule has 0 bridgehead atoms. The van der Waals surface area contributed by atoms with Gasteiger partial charge in [0.25, 0.3) is 0 Å². The highest BCUT2D eigenvalue weighted by Gasteiger charge is 2.19. The van der Waals surface area contributed by atoms with Crippen molar-refractivity contribution in [1.82, 2.24) is 14.8 Å². The average molecular weight is 312 g/mol. The molecule has 2 aromatic heterocycles. The fraction of sp³-hybridized carbons (Fsp3) is 0.231. The molecular formula is C13H14ClN3O2S. The average Bonchev–Trinajstić information content (AvgIpc) is 2.65. The van der Waals surface area contributed by atoms with Crippen molar-refractivity contribution in [2.24, 2.45) is 0 Å². The van der Waals surface area contributed by atoms with Crippen LogP contribution in [0.1, 0.15) is 12.6 Å². The van der Waals surface area contributed by atoms with Crippen LogP contribution in [0.3, 0.4) is 0 Å². The Balaban J connectivity index is 2.72. The van der Waals surface area contributed by atoms with Gasteiger partial charge in [0.05, 0.1) is 16.4 Å². The molecule has 7 heteroatoms. The summed E-state index contributed by atoms with van der Waals surface area (Å²) in [5, 5.41) is 4.71. The SMILES string of the molecule is C=C(C)n1nc(C)c(Cl)c1-c1cccc(S(C)(=O)=O)n1. The van der Waals surface area contributed by atoms with Crippen molar-refractivity contribution in [2.45, 2.75) is 18.9 Å². The van der Waals surface area contributed by atoms with Crippen LogP contribution in [0.25, 0.3) is 17.1 Å². The summed E-state index contributed by atoms with van der Waals surface area (Å²) in [6.45, 7) is 7.39. The molecule has 5 nitrogen and oxygen atoms in total. The van der Waals surface area contributed by atoms with Crippen molar-refractivity contribution in [1.29, 1.82) is 0 Å². The third-order valence-corrected chi connectivity index (χ3v) is 4.13. The Labute approximate surface area is 122 Å². The lowest BCUT2D eigenvalue weighted by Crippen LogP contribution is -2.03. The second-order valence-electron chi connectivity index (χ2n) is 4.53. The molecule has 0 radical (unpaired) electrons. The van der Waals surface area contributed by atoms with Crippen LogP contribution in [0.2, 0.25) is 5.02 Å². The highest BCUT2D eigenvalue weighted by Crippen LogP contribution is 2.31. The lowest BCUT2D eigenvalue weighted by Gasteiger charge is -2.07. The summed E-state index contributed by atoms with van der Waals surface area (Å²) in [5.74, 6) is 0. The molecule has 0 atom stereocenters. The van der Waals surface area contributed by atoms with E-state index in [0.717, 1.165) is 6.26 Å². The number of hydrogen-bond acceptors (Lipinski definition) is 4. The van der Waals surface area contributed by atoms with Crippen LogP contribution >= 0.6 is 11.6 Å². The Morgan fingerprint density at radius 1 is 1.40 bits per heavy atom. The lowest BCUT2D eigenvalue weighted by atomic mass is 10.2. The van der Waals surface area contributed by atoms with E-state index in [1.165, 1.54) is 6.07 Å². The maximum Gasteiger partial charge on any atom is 0.192 e. The van der Waals surface area contributed by atoms with Gasteiger partial charge in [-0.2, -0.15) is 5.10 Å². The predicted molar refractivity (Wildman–Crippen MR) is 79.3 cm³/mol. The minimum atomic E-state index is -3.38. The first-order chi connectivity index (χ1) is 9.21. The van der Waals surface area contributed by atoms with Crippen LogP contribution in [-0.2, 0) is 9.84 Å². The van der Waals surface area contributed by atoms with Gasteiger partial charge in [0.2, 0.25) is 0 Å². The minimum Gasteiger partial charge on any atom is -0.235 e. The molecular weight excluding hydrogens is 298 g/mol. The van der Waals surface area contributed by atoms with Gasteiger partial charge in [0.15, 0.2) is 14.9 Å². The predicted octanol–water partition coefficient (Wildman–Crippen LogP) is 2.80. The molecule has 0 saturated heterocycles. The maximum atomic E-state index is 11.6. The van der Waals surface area contributed by atoms with Crippen LogP contribution in [-0.4, -0.2) is 29.4 Å². The standard InChI is InChI=1S/C13H14ClN3O2S/c1-8(2)17-13(12(14)9(3)16-17)10-6-5-7-11(15-10)20(4,18)19/h5-7H,1H2,2-4H3. The van der Waals surface area contributed by atoms with Gasteiger partial charge < -0.3 is 0 Å². The van der Waals surface area contributed by atoms with Gasteiger partial charge in [-0.25, -0.2) is 18.1 Å². The van der Waals surface area contributed by atoms with E-state index in [-0.39, 0.29) is 5.03 Å². The highest BCUT2D eigenvalue weighted by molar-refractivity contribution is 7.90. The largest absolute Gasteiger partial charge is 0.235 e. The van der Waals surface area contributed by atoms with Crippen LogP contribution in [0.4, 0.5) is 0 Å². The zero-order valence-electron chi connectivity index (χ0n) is 11.4. The summed E-state index contributed by atoms with van der Waals surface area (Å²) in [6.07, 6.45) is 1.11. The quantitative estimate of drug-likeness (QED) is 0.874. The van der Waals surface area contributed by atoms with Crippen LogP contribution in [0.5, 0.6) is 0 Å². The van der Waals surface area contributed by atoms with Crippen LogP contribution in [0, 0.1) is 6.92 Å². The molecule has 0 aliphatic rings. The van der Waals surface area contributed by atoms with Gasteiger partial charge in [0.1, 0.15) is 5.69 Å². The molecule has 0 N–H and O–H groups in total. The minimum absolute atomic E-state index is 0.00168. The Morgan fingerprint density at radius 3 is 2.60 bits per heavy atom. The van der Waals surface area contributed by atoms with Crippen LogP contribution in [0.15, 0.2) is 29.8 Å². The van der Waals surface area contributed by atoms with E-state index >= 15 is 0 Å². The third-order valence-electron chi connectivity index (χ3n) is 2.69. The summed E-state index contributed by atoms with van der Waals surface area (Å²) in [7, 11) is -3.38. The van der Waals surface area contributed by atoms with Gasteiger partial charge in [-0.1, -0.05) is 24.2 Å². The number of pyridine rings is 1. The monoisotopic (exact) mass is 311 g/mol. The first-order valence-electron chi connectivity index (χ1n) is 5.80. The van der Waals surface area contributed by atoms with E-state index in [0.29, 0.717) is 27.8 Å². The zero-order chi connectivity index (χ0) is 15.1. The lowest BCUT2D eigenvalue weighted by molar-refractivity contribution is 0.598. The van der Waals surface area contributed by atoms with Crippen molar-refractivity contribution in [3.05, 3.63) is 35.5 Å². The molecule has 2 rings (SSSR count). The Kier molecular flexibility index (Phi) is 3.71. The summed E-state index contributed by atoms with van der Waals surface area (Å²) in [6, 6.07) is 4.76. The number of halogens is 1. The molecule has 0 unspecified atom stereocenters. The van der Waals surface area contributed by atoms with Gasteiger partial charge >= 0.3 is 0 Å². The molecule has 0 aliphatic heterocycles. The molecule has 0 spiro atoms. The van der Waals surface area contributed by atoms with E-state index in [4.69, 9.17) is 11.6 Å². The Hall–Kier alpha value is -1.66. The van der Waals surface area contributed by atoms with E-state index in [2.05, 4.69) is 16.7 Å². The molecule has 0 saturated carbocycles. The zero-order valence-corrected chi connectivity index (χ0v) is 13.0. The molecule has 106 valence electrons. The number of aryl methyl sites for hydroxylation is 1. The van der Waals surface area contributed by atoms with E-state index in [1.54, 1.807) is 30.7 Å². The van der Waals surface area contributed by atoms with Gasteiger partial charge in [0, 0.05) is 12.0 Å². The van der Waals surface area contributed by atoms with Gasteiger partial charge in [-0.3, -0.25) is 0 Å². The maximum absolute atomic E-state index is 11.6. The molecule has 2 heterocycles. The smallest absolute Gasteiger partial charge is 0.192 e. The normalized spacial score (nSPS) is 11.6. The van der Waals surface area contributed by atoms with Crippen molar-refractivity contribution in [3.63, 3.8) is 0 Å². The number of rotatable bonds is 3. The first kappa shape index (κ1) is 14.7. The Bertz CT molecular complexity index is 794. The van der Waals surface area contributed by atoms with E-state index in [9.17, 15) is 8.42 Å². The number of aromatic nitrogens is 3. The first-order valence-corrected chi connectivity index (χ1v) is 8.07. The van der Waals surface area contributed by atoms with Crippen LogP contribution < -0.4 is 0 Å². The number of nitrogens with zero attached hydrogens (tertiary/aromatic N) is 3. The second-order valence-corrected chi connectivity index (χ2v) is 6.87. The number of hydrogen-bond donors (Lipinski definition) is 0. The van der Waals surface area contributed by atoms with Crippen molar-refractivity contribution >= 4 is 27.1 Å². The molecule has 0 aliphatic carbocycles. The Morgan fingerprint density at radius 2 is 2.05 bits per heavy atom. The summed E-state index contributed by atoms with van der Waals surface area (Å²) in [5.41, 5.74) is 2.29. The molecule has 0 fully saturated rings. The summed E-state index contributed by atoms with van der Waals surface area (Å²) in [4.78, 5) is 4.16. The topological polar surface area (TPSA) is 64.8 Å². The fourth-order valence-corrected chi connectivity index (χ4v) is 2.56. The van der Waals surface area contributed by atoms with Gasteiger partial charge in [-0.05, 0) is 26.0 Å². The van der Waals surface area contributed by atoms with E-state index in [1.807, 2.05) is 0 Å². The fourth-order valence-electron chi connectivity index (χ4n) is 1.76. The van der Waals surface area contributed by atoms with Crippen molar-refractivity contribution < 1.29 is 8.42 Å². The second kappa shape index (κ2) is 5.03.